The third-order valence-corrected chi connectivity index (χ3v) is 2.65. The lowest BCUT2D eigenvalue weighted by Crippen LogP contribution is -2.29. The molecule has 0 heterocycles. The molecule has 94 valence electrons. The number of amides is 1. The normalized spacial score (nSPS) is 10.3. The number of carbonyl (C=O) groups is 1. The van der Waals surface area contributed by atoms with Gasteiger partial charge in [0.05, 0.1) is 0 Å². The van der Waals surface area contributed by atoms with Gasteiger partial charge in [-0.15, -0.1) is 0 Å². The summed E-state index contributed by atoms with van der Waals surface area (Å²) in [6.45, 7) is 1.58. The number of nitrogen functional groups attached to an aromatic ring is 1. The van der Waals surface area contributed by atoms with Gasteiger partial charge < -0.3 is 16.0 Å². The summed E-state index contributed by atoms with van der Waals surface area (Å²) in [6, 6.07) is 4.90. The second kappa shape index (κ2) is 6.47. The van der Waals surface area contributed by atoms with E-state index in [0.717, 1.165) is 13.0 Å². The molecule has 0 atom stereocenters. The first kappa shape index (κ1) is 13.8. The predicted molar refractivity (Wildman–Crippen MR) is 71.4 cm³/mol. The van der Waals surface area contributed by atoms with E-state index in [-0.39, 0.29) is 5.91 Å². The molecule has 17 heavy (non-hydrogen) atoms. The molecule has 0 aliphatic rings. The first-order chi connectivity index (χ1) is 8.04. The fraction of sp³-hybridized carbons (Fsp3) is 0.417. The van der Waals surface area contributed by atoms with Gasteiger partial charge in [-0.05, 0) is 38.2 Å². The van der Waals surface area contributed by atoms with E-state index in [2.05, 4.69) is 5.32 Å². The maximum absolute atomic E-state index is 12.0. The molecule has 0 radical (unpaired) electrons. The van der Waals surface area contributed by atoms with Crippen molar-refractivity contribution in [1.82, 2.24) is 10.2 Å². The number of carbonyl (C=O) groups excluding carboxylic acids is 1. The van der Waals surface area contributed by atoms with Gasteiger partial charge in [-0.25, -0.2) is 0 Å². The Morgan fingerprint density at radius 3 is 2.76 bits per heavy atom. The number of anilines is 1. The Labute approximate surface area is 107 Å². The first-order valence-electron chi connectivity index (χ1n) is 5.50. The largest absolute Gasteiger partial charge is 0.399 e. The van der Waals surface area contributed by atoms with E-state index in [9.17, 15) is 4.79 Å². The van der Waals surface area contributed by atoms with Gasteiger partial charge in [0.2, 0.25) is 0 Å². The summed E-state index contributed by atoms with van der Waals surface area (Å²) in [7, 11) is 3.66. The molecule has 1 aromatic carbocycles. The van der Waals surface area contributed by atoms with E-state index < -0.39 is 0 Å². The van der Waals surface area contributed by atoms with Gasteiger partial charge in [0.15, 0.2) is 0 Å². The van der Waals surface area contributed by atoms with Crippen LogP contribution in [0.4, 0.5) is 5.69 Å². The Hall–Kier alpha value is -1.26. The molecule has 4 nitrogen and oxygen atoms in total. The summed E-state index contributed by atoms with van der Waals surface area (Å²) in [5.41, 5.74) is 6.69. The number of rotatable bonds is 5. The van der Waals surface area contributed by atoms with Crippen LogP contribution in [0, 0.1) is 0 Å². The van der Waals surface area contributed by atoms with Crippen LogP contribution >= 0.6 is 11.6 Å². The maximum Gasteiger partial charge on any atom is 0.253 e. The highest BCUT2D eigenvalue weighted by Gasteiger charge is 2.12. The molecular formula is C12H18ClN3O. The zero-order valence-corrected chi connectivity index (χ0v) is 10.9. The summed E-state index contributed by atoms with van der Waals surface area (Å²) in [4.78, 5) is 13.7. The van der Waals surface area contributed by atoms with Gasteiger partial charge in [-0.1, -0.05) is 11.6 Å². The highest BCUT2D eigenvalue weighted by Crippen LogP contribution is 2.17. The van der Waals surface area contributed by atoms with Crippen LogP contribution in [0.15, 0.2) is 18.2 Å². The molecule has 5 heteroatoms. The summed E-state index contributed by atoms with van der Waals surface area (Å²) >= 11 is 5.86. The SMILES string of the molecule is CNCCCN(C)C(=O)c1cc(N)cc(Cl)c1. The van der Waals surface area contributed by atoms with Gasteiger partial charge in [0, 0.05) is 29.9 Å². The molecule has 0 unspecified atom stereocenters. The highest BCUT2D eigenvalue weighted by molar-refractivity contribution is 6.31. The minimum atomic E-state index is -0.0599. The van der Waals surface area contributed by atoms with E-state index in [4.69, 9.17) is 17.3 Å². The first-order valence-corrected chi connectivity index (χ1v) is 5.88. The minimum Gasteiger partial charge on any atom is -0.399 e. The van der Waals surface area contributed by atoms with Crippen LogP contribution in [0.1, 0.15) is 16.8 Å². The van der Waals surface area contributed by atoms with Crippen LogP contribution in [0.2, 0.25) is 5.02 Å². The Kier molecular flexibility index (Phi) is 5.25. The molecule has 0 aliphatic heterocycles. The standard InChI is InChI=1S/C12H18ClN3O/c1-15-4-3-5-16(2)12(17)9-6-10(13)8-11(14)7-9/h6-8,15H,3-5,14H2,1-2H3. The molecule has 1 amide bonds. The van der Waals surface area contributed by atoms with E-state index in [1.54, 1.807) is 30.1 Å². The summed E-state index contributed by atoms with van der Waals surface area (Å²) in [5.74, 6) is -0.0599. The number of nitrogens with zero attached hydrogens (tertiary/aromatic N) is 1. The fourth-order valence-electron chi connectivity index (χ4n) is 1.55. The molecule has 0 spiro atoms. The molecule has 0 aliphatic carbocycles. The summed E-state index contributed by atoms with van der Waals surface area (Å²) < 4.78 is 0. The molecule has 1 rings (SSSR count). The van der Waals surface area contributed by atoms with Crippen molar-refractivity contribution in [2.45, 2.75) is 6.42 Å². The second-order valence-corrected chi connectivity index (χ2v) is 4.39. The number of hydrogen-bond donors (Lipinski definition) is 2. The van der Waals surface area contributed by atoms with E-state index >= 15 is 0 Å². The molecule has 0 fully saturated rings. The lowest BCUT2D eigenvalue weighted by molar-refractivity contribution is 0.0794. The second-order valence-electron chi connectivity index (χ2n) is 3.96. The van der Waals surface area contributed by atoms with Crippen molar-refractivity contribution in [1.29, 1.82) is 0 Å². The van der Waals surface area contributed by atoms with Crippen LogP contribution in [0.5, 0.6) is 0 Å². The molecule has 0 bridgehead atoms. The third-order valence-electron chi connectivity index (χ3n) is 2.43. The number of nitrogens with two attached hydrogens (primary N) is 1. The molecular weight excluding hydrogens is 238 g/mol. The quantitative estimate of drug-likeness (QED) is 0.621. The topological polar surface area (TPSA) is 58.4 Å². The highest BCUT2D eigenvalue weighted by atomic mass is 35.5. The van der Waals surface area contributed by atoms with Gasteiger partial charge in [-0.2, -0.15) is 0 Å². The molecule has 0 saturated heterocycles. The lowest BCUT2D eigenvalue weighted by Gasteiger charge is -2.17. The maximum atomic E-state index is 12.0. The molecule has 1 aromatic rings. The van der Waals surface area contributed by atoms with Crippen LogP contribution in [0.3, 0.4) is 0 Å². The van der Waals surface area contributed by atoms with Crippen molar-refractivity contribution >= 4 is 23.2 Å². The zero-order chi connectivity index (χ0) is 12.8. The van der Waals surface area contributed by atoms with E-state index in [1.165, 1.54) is 0 Å². The third kappa shape index (κ3) is 4.24. The summed E-state index contributed by atoms with van der Waals surface area (Å²) in [5, 5.41) is 3.52. The average Bonchev–Trinajstić information content (AvgIpc) is 2.27. The van der Waals surface area contributed by atoms with Crippen molar-refractivity contribution in [2.24, 2.45) is 0 Å². The summed E-state index contributed by atoms with van der Waals surface area (Å²) in [6.07, 6.45) is 0.911. The molecule has 0 saturated carbocycles. The van der Waals surface area contributed by atoms with Crippen LogP contribution in [-0.4, -0.2) is 38.0 Å². The van der Waals surface area contributed by atoms with Crippen molar-refractivity contribution in [2.75, 3.05) is 32.9 Å². The Balaban J connectivity index is 2.68. The van der Waals surface area contributed by atoms with E-state index in [1.807, 2.05) is 7.05 Å². The van der Waals surface area contributed by atoms with E-state index in [0.29, 0.717) is 22.8 Å². The van der Waals surface area contributed by atoms with Crippen molar-refractivity contribution < 1.29 is 4.79 Å². The van der Waals surface area contributed by atoms with Crippen LogP contribution in [0.25, 0.3) is 0 Å². The number of hydrogen-bond acceptors (Lipinski definition) is 3. The van der Waals surface area contributed by atoms with Crippen LogP contribution in [-0.2, 0) is 0 Å². The van der Waals surface area contributed by atoms with Crippen molar-refractivity contribution in [3.8, 4) is 0 Å². The fourth-order valence-corrected chi connectivity index (χ4v) is 1.79. The Bertz CT molecular complexity index is 375. The number of halogens is 1. The van der Waals surface area contributed by atoms with Crippen LogP contribution < -0.4 is 11.1 Å². The zero-order valence-electron chi connectivity index (χ0n) is 10.2. The van der Waals surface area contributed by atoms with Gasteiger partial charge in [-0.3, -0.25) is 4.79 Å². The smallest absolute Gasteiger partial charge is 0.253 e. The van der Waals surface area contributed by atoms with Gasteiger partial charge in [0.1, 0.15) is 0 Å². The van der Waals surface area contributed by atoms with Gasteiger partial charge in [0.25, 0.3) is 5.91 Å². The predicted octanol–water partition coefficient (Wildman–Crippen LogP) is 1.60. The van der Waals surface area contributed by atoms with Crippen molar-refractivity contribution in [3.05, 3.63) is 28.8 Å². The minimum absolute atomic E-state index is 0.0599. The molecule has 3 N–H and O–H groups in total. The number of benzene rings is 1. The molecule has 0 aromatic heterocycles. The Morgan fingerprint density at radius 1 is 1.47 bits per heavy atom. The Morgan fingerprint density at radius 2 is 2.18 bits per heavy atom. The average molecular weight is 256 g/mol. The van der Waals surface area contributed by atoms with Gasteiger partial charge >= 0.3 is 0 Å². The number of nitrogens with one attached hydrogen (secondary N) is 1. The van der Waals surface area contributed by atoms with Crippen molar-refractivity contribution in [3.63, 3.8) is 0 Å². The lowest BCUT2D eigenvalue weighted by atomic mass is 10.2. The monoisotopic (exact) mass is 255 g/mol.